The van der Waals surface area contributed by atoms with E-state index in [4.69, 9.17) is 9.47 Å². The zero-order valence-corrected chi connectivity index (χ0v) is 22.3. The largest absolute Gasteiger partial charge is 0.489 e. The molecule has 0 saturated carbocycles. The lowest BCUT2D eigenvalue weighted by Gasteiger charge is -2.33. The van der Waals surface area contributed by atoms with Gasteiger partial charge < -0.3 is 24.6 Å². The third-order valence-electron chi connectivity index (χ3n) is 7.71. The minimum absolute atomic E-state index is 0.0325. The molecular formula is C28H30FN7O5. The number of hydrogen-bond donors (Lipinski definition) is 1. The first kappa shape index (κ1) is 26.8. The number of fused-ring (bicyclic) bond motifs is 4. The van der Waals surface area contributed by atoms with E-state index < -0.39 is 23.9 Å². The van der Waals surface area contributed by atoms with Gasteiger partial charge in [-0.25, -0.2) is 14.1 Å². The molecule has 0 aliphatic carbocycles. The van der Waals surface area contributed by atoms with E-state index in [2.05, 4.69) is 20.6 Å². The van der Waals surface area contributed by atoms with Crippen LogP contribution < -0.4 is 10.1 Å². The number of halogens is 1. The number of carbonyl (C=O) groups is 3. The van der Waals surface area contributed by atoms with Gasteiger partial charge in [0.1, 0.15) is 18.1 Å². The summed E-state index contributed by atoms with van der Waals surface area (Å²) >= 11 is 0. The minimum atomic E-state index is -0.473. The number of piperidine rings is 1. The van der Waals surface area contributed by atoms with Crippen LogP contribution in [0.2, 0.25) is 0 Å². The van der Waals surface area contributed by atoms with E-state index in [0.717, 1.165) is 0 Å². The van der Waals surface area contributed by atoms with Crippen LogP contribution in [0.1, 0.15) is 39.4 Å². The summed E-state index contributed by atoms with van der Waals surface area (Å²) in [5, 5.41) is 11.3. The van der Waals surface area contributed by atoms with E-state index >= 15 is 0 Å². The van der Waals surface area contributed by atoms with Gasteiger partial charge in [-0.15, -0.1) is 5.10 Å². The fraction of sp³-hybridized carbons (Fsp3) is 0.429. The molecule has 2 aromatic heterocycles. The van der Waals surface area contributed by atoms with Crippen molar-refractivity contribution in [3.05, 3.63) is 71.6 Å². The minimum Gasteiger partial charge on any atom is -0.489 e. The van der Waals surface area contributed by atoms with Crippen LogP contribution in [0.4, 0.5) is 4.39 Å². The van der Waals surface area contributed by atoms with E-state index in [9.17, 15) is 18.8 Å². The van der Waals surface area contributed by atoms with E-state index in [1.807, 2.05) is 0 Å². The first-order chi connectivity index (χ1) is 19.9. The third kappa shape index (κ3) is 5.89. The highest BCUT2D eigenvalue weighted by Crippen LogP contribution is 2.25. The van der Waals surface area contributed by atoms with Gasteiger partial charge in [0.15, 0.2) is 11.4 Å². The second-order valence-electron chi connectivity index (χ2n) is 10.4. The molecule has 12 nitrogen and oxygen atoms in total. The Kier molecular flexibility index (Phi) is 7.59. The predicted octanol–water partition coefficient (Wildman–Crippen LogP) is 1.28. The lowest BCUT2D eigenvalue weighted by atomic mass is 9.95. The molecule has 5 heterocycles. The molecule has 3 amide bonds. The first-order valence-corrected chi connectivity index (χ1v) is 13.7. The highest BCUT2D eigenvalue weighted by atomic mass is 19.1. The van der Waals surface area contributed by atoms with Crippen molar-refractivity contribution in [3.8, 4) is 5.75 Å². The Morgan fingerprint density at radius 2 is 1.83 bits per heavy atom. The first-order valence-electron chi connectivity index (χ1n) is 13.7. The van der Waals surface area contributed by atoms with Crippen molar-refractivity contribution in [1.29, 1.82) is 0 Å². The lowest BCUT2D eigenvalue weighted by molar-refractivity contribution is -0.136. The topological polar surface area (TPSA) is 132 Å². The predicted molar refractivity (Wildman–Crippen MR) is 141 cm³/mol. The SMILES string of the molecule is O=C1N[C@H]2CN(C(=O)C3CCN(C(=O)c4ccc(F)cc4)CC3)C[C@@H]2OCc2cn(nn2)CCOc2cccnc21. The van der Waals surface area contributed by atoms with Crippen molar-refractivity contribution in [2.24, 2.45) is 5.92 Å². The molecule has 0 spiro atoms. The summed E-state index contributed by atoms with van der Waals surface area (Å²) in [7, 11) is 0. The summed E-state index contributed by atoms with van der Waals surface area (Å²) in [6.45, 7) is 2.33. The molecule has 2 saturated heterocycles. The Bertz CT molecular complexity index is 1420. The average molecular weight is 564 g/mol. The number of benzene rings is 1. The average Bonchev–Trinajstić information content (AvgIpc) is 3.62. The fourth-order valence-corrected chi connectivity index (χ4v) is 5.49. The number of hydrogen-bond acceptors (Lipinski definition) is 8. The zero-order chi connectivity index (χ0) is 28.3. The maximum Gasteiger partial charge on any atom is 0.274 e. The number of rotatable bonds is 2. The van der Waals surface area contributed by atoms with Gasteiger partial charge >= 0.3 is 0 Å². The van der Waals surface area contributed by atoms with Gasteiger partial charge in [-0.05, 0) is 49.2 Å². The van der Waals surface area contributed by atoms with Crippen molar-refractivity contribution in [2.75, 3.05) is 32.8 Å². The van der Waals surface area contributed by atoms with Gasteiger partial charge in [0.2, 0.25) is 5.91 Å². The highest BCUT2D eigenvalue weighted by Gasteiger charge is 2.40. The van der Waals surface area contributed by atoms with Crippen molar-refractivity contribution >= 4 is 17.7 Å². The number of nitrogens with one attached hydrogen (secondary N) is 1. The standard InChI is InChI=1S/C28H30FN7O5/c29-20-5-3-18(4-6-20)27(38)34-10-7-19(8-11-34)28(39)35-15-22-24(16-35)41-17-21-14-36(33-32-21)12-13-40-23-2-1-9-30-25(23)26(37)31-22/h1-6,9,14,19,22,24H,7-8,10-13,15-17H2,(H,31,37)/t22-,24-/m0/s1. The normalized spacial score (nSPS) is 21.7. The number of ether oxygens (including phenoxy) is 2. The summed E-state index contributed by atoms with van der Waals surface area (Å²) in [5.41, 5.74) is 1.22. The summed E-state index contributed by atoms with van der Waals surface area (Å²) in [5.74, 6) is -0.913. The maximum absolute atomic E-state index is 13.6. The number of pyridine rings is 1. The zero-order valence-electron chi connectivity index (χ0n) is 22.3. The fourth-order valence-electron chi connectivity index (χ4n) is 5.49. The van der Waals surface area contributed by atoms with Crippen LogP contribution in [0.15, 0.2) is 48.8 Å². The van der Waals surface area contributed by atoms with Gasteiger partial charge in [0.05, 0.1) is 31.5 Å². The second-order valence-corrected chi connectivity index (χ2v) is 10.4. The molecule has 13 heteroatoms. The monoisotopic (exact) mass is 563 g/mol. The van der Waals surface area contributed by atoms with Gasteiger partial charge in [-0.1, -0.05) is 5.21 Å². The molecular weight excluding hydrogens is 533 g/mol. The van der Waals surface area contributed by atoms with Crippen molar-refractivity contribution in [1.82, 2.24) is 35.1 Å². The Balaban J connectivity index is 1.13. The van der Waals surface area contributed by atoms with Gasteiger partial charge in [0, 0.05) is 43.9 Å². The van der Waals surface area contributed by atoms with Gasteiger partial charge in [0.25, 0.3) is 11.8 Å². The molecule has 2 fully saturated rings. The Morgan fingerprint density at radius 3 is 2.63 bits per heavy atom. The summed E-state index contributed by atoms with van der Waals surface area (Å²) < 4.78 is 26.9. The molecule has 1 aromatic carbocycles. The summed E-state index contributed by atoms with van der Waals surface area (Å²) in [6, 6.07) is 8.39. The van der Waals surface area contributed by atoms with Crippen LogP contribution in [0, 0.1) is 11.7 Å². The van der Waals surface area contributed by atoms with Crippen molar-refractivity contribution in [2.45, 2.75) is 38.1 Å². The van der Waals surface area contributed by atoms with Crippen LogP contribution in [-0.4, -0.2) is 92.4 Å². The van der Waals surface area contributed by atoms with Crippen LogP contribution in [0.3, 0.4) is 0 Å². The van der Waals surface area contributed by atoms with E-state index in [1.54, 1.807) is 32.8 Å². The third-order valence-corrected chi connectivity index (χ3v) is 7.71. The molecule has 3 aliphatic heterocycles. The molecule has 3 aliphatic rings. The number of aromatic nitrogens is 4. The molecule has 6 rings (SSSR count). The molecule has 3 aromatic rings. The van der Waals surface area contributed by atoms with Gasteiger partial charge in [-0.2, -0.15) is 0 Å². The molecule has 2 atom stereocenters. The Labute approximate surface area is 235 Å². The van der Waals surface area contributed by atoms with Crippen molar-refractivity contribution in [3.63, 3.8) is 0 Å². The summed E-state index contributed by atoms with van der Waals surface area (Å²) in [6.07, 6.45) is 3.88. The van der Waals surface area contributed by atoms with E-state index in [-0.39, 0.29) is 43.2 Å². The van der Waals surface area contributed by atoms with E-state index in [1.165, 1.54) is 30.5 Å². The molecule has 0 radical (unpaired) electrons. The van der Waals surface area contributed by atoms with Gasteiger partial charge in [-0.3, -0.25) is 14.4 Å². The molecule has 214 valence electrons. The van der Waals surface area contributed by atoms with E-state index in [0.29, 0.717) is 56.0 Å². The molecule has 0 unspecified atom stereocenters. The molecule has 41 heavy (non-hydrogen) atoms. The quantitative estimate of drug-likeness (QED) is 0.494. The van der Waals surface area contributed by atoms with Crippen LogP contribution in [-0.2, 0) is 22.7 Å². The second kappa shape index (κ2) is 11.6. The lowest BCUT2D eigenvalue weighted by Crippen LogP contribution is -2.45. The Morgan fingerprint density at radius 1 is 1.02 bits per heavy atom. The van der Waals surface area contributed by atoms with Crippen LogP contribution in [0.5, 0.6) is 5.75 Å². The maximum atomic E-state index is 13.6. The Hall–Kier alpha value is -4.39. The number of carbonyl (C=O) groups excluding carboxylic acids is 3. The van der Waals surface area contributed by atoms with Crippen molar-refractivity contribution < 1.29 is 28.2 Å². The molecule has 2 bridgehead atoms. The molecule has 1 N–H and O–H groups in total. The number of nitrogens with zero attached hydrogens (tertiary/aromatic N) is 6. The number of likely N-dealkylation sites (tertiary alicyclic amines) is 2. The van der Waals surface area contributed by atoms with Crippen LogP contribution in [0.25, 0.3) is 0 Å². The smallest absolute Gasteiger partial charge is 0.274 e. The highest BCUT2D eigenvalue weighted by molar-refractivity contribution is 5.95. The van der Waals surface area contributed by atoms with Crippen LogP contribution >= 0.6 is 0 Å². The number of amides is 3. The summed E-state index contributed by atoms with van der Waals surface area (Å²) in [4.78, 5) is 47.3.